The molecule has 0 heterocycles. The number of carboxylic acids is 1. The standard InChI is InChI=1S/C14H17NO5S/c1-9(16)10-3-7-12(8-4-10)21(19,20)15-14(2,13(17)18)11-5-6-11/h3-4,7-8,11,15H,5-6H2,1-2H3,(H,17,18). The van der Waals surface area contributed by atoms with E-state index in [1.165, 1.54) is 38.1 Å². The van der Waals surface area contributed by atoms with Crippen LogP contribution in [0.2, 0.25) is 0 Å². The Balaban J connectivity index is 2.29. The Morgan fingerprint density at radius 3 is 2.14 bits per heavy atom. The zero-order valence-electron chi connectivity index (χ0n) is 11.8. The topological polar surface area (TPSA) is 101 Å². The van der Waals surface area contributed by atoms with Crippen LogP contribution in [0, 0.1) is 5.92 Å². The summed E-state index contributed by atoms with van der Waals surface area (Å²) in [4.78, 5) is 22.5. The molecule has 114 valence electrons. The second-order valence-electron chi connectivity index (χ2n) is 5.47. The lowest BCUT2D eigenvalue weighted by molar-refractivity contribution is -0.144. The van der Waals surface area contributed by atoms with E-state index < -0.39 is 21.5 Å². The summed E-state index contributed by atoms with van der Waals surface area (Å²) in [5.74, 6) is -1.55. The average molecular weight is 311 g/mol. The van der Waals surface area contributed by atoms with Crippen molar-refractivity contribution in [3.63, 3.8) is 0 Å². The maximum atomic E-state index is 12.3. The maximum absolute atomic E-state index is 12.3. The molecule has 1 aliphatic carbocycles. The van der Waals surface area contributed by atoms with Gasteiger partial charge in [-0.05, 0) is 44.7 Å². The molecule has 0 aromatic heterocycles. The van der Waals surface area contributed by atoms with Crippen LogP contribution < -0.4 is 4.72 Å². The maximum Gasteiger partial charge on any atom is 0.324 e. The predicted molar refractivity (Wildman–Crippen MR) is 75.5 cm³/mol. The summed E-state index contributed by atoms with van der Waals surface area (Å²) in [6.45, 7) is 2.77. The predicted octanol–water partition coefficient (Wildman–Crippen LogP) is 1.42. The second-order valence-corrected chi connectivity index (χ2v) is 7.15. The van der Waals surface area contributed by atoms with Crippen molar-refractivity contribution in [3.8, 4) is 0 Å². The van der Waals surface area contributed by atoms with E-state index in [4.69, 9.17) is 0 Å². The molecule has 7 heteroatoms. The number of Topliss-reactive ketones (excluding diaryl/α,β-unsaturated/α-hetero) is 1. The third-order valence-electron chi connectivity index (χ3n) is 3.76. The highest BCUT2D eigenvalue weighted by Crippen LogP contribution is 2.40. The van der Waals surface area contributed by atoms with Crippen LogP contribution in [0.25, 0.3) is 0 Å². The summed E-state index contributed by atoms with van der Waals surface area (Å²) in [6, 6.07) is 5.42. The van der Waals surface area contributed by atoms with Crippen LogP contribution in [-0.4, -0.2) is 30.8 Å². The lowest BCUT2D eigenvalue weighted by atomic mass is 9.98. The van der Waals surface area contributed by atoms with Gasteiger partial charge in [-0.2, -0.15) is 4.72 Å². The van der Waals surface area contributed by atoms with Crippen molar-refractivity contribution >= 4 is 21.8 Å². The zero-order chi connectivity index (χ0) is 15.8. The first kappa shape index (κ1) is 15.7. The van der Waals surface area contributed by atoms with Crippen LogP contribution in [0.3, 0.4) is 0 Å². The molecule has 0 amide bonds. The first-order valence-corrected chi connectivity index (χ1v) is 8.03. The highest BCUT2D eigenvalue weighted by Gasteiger charge is 2.50. The molecule has 1 atom stereocenters. The summed E-state index contributed by atoms with van der Waals surface area (Å²) in [5.41, 5.74) is -1.10. The molecule has 0 saturated heterocycles. The third kappa shape index (κ3) is 3.14. The van der Waals surface area contributed by atoms with Gasteiger partial charge in [0.15, 0.2) is 5.78 Å². The van der Waals surface area contributed by atoms with Crippen LogP contribution in [0.5, 0.6) is 0 Å². The highest BCUT2D eigenvalue weighted by atomic mass is 32.2. The van der Waals surface area contributed by atoms with Crippen molar-refractivity contribution in [2.45, 2.75) is 37.1 Å². The number of carboxylic acid groups (broad SMARTS) is 1. The molecule has 6 nitrogen and oxygen atoms in total. The van der Waals surface area contributed by atoms with E-state index in [1.807, 2.05) is 0 Å². The van der Waals surface area contributed by atoms with Gasteiger partial charge in [0, 0.05) is 5.56 Å². The summed E-state index contributed by atoms with van der Waals surface area (Å²) >= 11 is 0. The van der Waals surface area contributed by atoms with Crippen molar-refractivity contribution < 1.29 is 23.1 Å². The van der Waals surface area contributed by atoms with Gasteiger partial charge in [0.25, 0.3) is 0 Å². The summed E-state index contributed by atoms with van der Waals surface area (Å²) < 4.78 is 26.9. The molecule has 2 rings (SSSR count). The summed E-state index contributed by atoms with van der Waals surface area (Å²) in [7, 11) is -3.95. The van der Waals surface area contributed by atoms with E-state index >= 15 is 0 Å². The van der Waals surface area contributed by atoms with Crippen molar-refractivity contribution in [1.82, 2.24) is 4.72 Å². The smallest absolute Gasteiger partial charge is 0.324 e. The molecule has 21 heavy (non-hydrogen) atoms. The highest BCUT2D eigenvalue weighted by molar-refractivity contribution is 7.89. The van der Waals surface area contributed by atoms with Gasteiger partial charge >= 0.3 is 5.97 Å². The van der Waals surface area contributed by atoms with Gasteiger partial charge in [-0.15, -0.1) is 0 Å². The van der Waals surface area contributed by atoms with Crippen LogP contribution in [0.4, 0.5) is 0 Å². The Bertz CT molecular complexity index is 676. The Kier molecular flexibility index (Phi) is 3.90. The fraction of sp³-hybridized carbons (Fsp3) is 0.429. The molecule has 0 bridgehead atoms. The molecule has 1 aliphatic rings. The van der Waals surface area contributed by atoms with E-state index in [0.717, 1.165) is 0 Å². The Hall–Kier alpha value is -1.73. The number of benzene rings is 1. The molecule has 0 spiro atoms. The van der Waals surface area contributed by atoms with E-state index in [0.29, 0.717) is 18.4 Å². The Morgan fingerprint density at radius 2 is 1.76 bits per heavy atom. The molecule has 2 N–H and O–H groups in total. The molecule has 1 aromatic carbocycles. The van der Waals surface area contributed by atoms with Crippen molar-refractivity contribution in [3.05, 3.63) is 29.8 Å². The minimum Gasteiger partial charge on any atom is -0.480 e. The zero-order valence-corrected chi connectivity index (χ0v) is 12.6. The van der Waals surface area contributed by atoms with Crippen LogP contribution in [-0.2, 0) is 14.8 Å². The van der Waals surface area contributed by atoms with E-state index in [-0.39, 0.29) is 16.6 Å². The fourth-order valence-electron chi connectivity index (χ4n) is 2.17. The number of nitrogens with one attached hydrogen (secondary N) is 1. The Labute approximate surface area is 123 Å². The molecule has 1 saturated carbocycles. The minimum absolute atomic E-state index is 0.0550. The van der Waals surface area contributed by atoms with Gasteiger partial charge in [-0.25, -0.2) is 8.42 Å². The average Bonchev–Trinajstić information content (AvgIpc) is 3.22. The van der Waals surface area contributed by atoms with Gasteiger partial charge in [0.2, 0.25) is 10.0 Å². The van der Waals surface area contributed by atoms with Crippen LogP contribution in [0.15, 0.2) is 29.2 Å². The molecule has 0 aliphatic heterocycles. The number of hydrogen-bond donors (Lipinski definition) is 2. The lowest BCUT2D eigenvalue weighted by Gasteiger charge is -2.25. The fourth-order valence-corrected chi connectivity index (χ4v) is 3.59. The van der Waals surface area contributed by atoms with Crippen molar-refractivity contribution in [1.29, 1.82) is 0 Å². The van der Waals surface area contributed by atoms with Gasteiger partial charge in [-0.1, -0.05) is 12.1 Å². The van der Waals surface area contributed by atoms with Gasteiger partial charge < -0.3 is 5.11 Å². The van der Waals surface area contributed by atoms with Gasteiger partial charge in [0.1, 0.15) is 5.54 Å². The first-order valence-electron chi connectivity index (χ1n) is 6.55. The number of sulfonamides is 1. The monoisotopic (exact) mass is 311 g/mol. The van der Waals surface area contributed by atoms with Gasteiger partial charge in [-0.3, -0.25) is 9.59 Å². The molecule has 1 unspecified atom stereocenters. The minimum atomic E-state index is -3.95. The van der Waals surface area contributed by atoms with E-state index in [9.17, 15) is 23.1 Å². The number of carbonyl (C=O) groups is 2. The molecular formula is C14H17NO5S. The summed E-state index contributed by atoms with van der Waals surface area (Å²) in [6.07, 6.45) is 1.38. The normalized spacial score (nSPS) is 18.0. The number of hydrogen-bond acceptors (Lipinski definition) is 4. The quantitative estimate of drug-likeness (QED) is 0.774. The van der Waals surface area contributed by atoms with Crippen LogP contribution >= 0.6 is 0 Å². The third-order valence-corrected chi connectivity index (χ3v) is 5.34. The summed E-state index contributed by atoms with van der Waals surface area (Å²) in [5, 5.41) is 9.30. The molecule has 0 radical (unpaired) electrons. The van der Waals surface area contributed by atoms with E-state index in [1.54, 1.807) is 0 Å². The second kappa shape index (κ2) is 5.23. The Morgan fingerprint density at radius 1 is 1.24 bits per heavy atom. The lowest BCUT2D eigenvalue weighted by Crippen LogP contribution is -2.53. The number of rotatable bonds is 6. The SMILES string of the molecule is CC(=O)c1ccc(S(=O)(=O)NC(C)(C(=O)O)C2CC2)cc1. The molecular weight excluding hydrogens is 294 g/mol. The first-order chi connectivity index (χ1) is 9.67. The van der Waals surface area contributed by atoms with Crippen LogP contribution in [0.1, 0.15) is 37.0 Å². The number of aliphatic carboxylic acids is 1. The number of carbonyl (C=O) groups excluding carboxylic acids is 1. The van der Waals surface area contributed by atoms with Crippen molar-refractivity contribution in [2.24, 2.45) is 5.92 Å². The molecule has 1 fully saturated rings. The molecule has 1 aromatic rings. The van der Waals surface area contributed by atoms with Crippen molar-refractivity contribution in [2.75, 3.05) is 0 Å². The number of ketones is 1. The largest absolute Gasteiger partial charge is 0.480 e. The van der Waals surface area contributed by atoms with E-state index in [2.05, 4.69) is 4.72 Å². The van der Waals surface area contributed by atoms with Gasteiger partial charge in [0.05, 0.1) is 4.90 Å².